The number of hydrogen-bond acceptors (Lipinski definition) is 1. The lowest BCUT2D eigenvalue weighted by atomic mass is 9.97. The zero-order chi connectivity index (χ0) is 14.9. The number of hydrogen-bond donors (Lipinski definition) is 1. The fourth-order valence-corrected chi connectivity index (χ4v) is 2.18. The molecule has 5 heteroatoms. The Labute approximate surface area is 123 Å². The molecule has 20 heavy (non-hydrogen) atoms. The van der Waals surface area contributed by atoms with Gasteiger partial charge < -0.3 is 5.73 Å². The maximum atomic E-state index is 12.5. The molecule has 0 spiro atoms. The van der Waals surface area contributed by atoms with Crippen molar-refractivity contribution in [3.8, 4) is 0 Å². The van der Waals surface area contributed by atoms with Gasteiger partial charge in [-0.15, -0.1) is 0 Å². The minimum atomic E-state index is -4.32. The maximum absolute atomic E-state index is 12.5. The molecule has 0 radical (unpaired) electrons. The van der Waals surface area contributed by atoms with Crippen LogP contribution in [0.25, 0.3) is 0 Å². The van der Waals surface area contributed by atoms with Gasteiger partial charge in [0.1, 0.15) is 0 Å². The molecule has 1 nitrogen and oxygen atoms in total. The molecule has 0 saturated carbocycles. The molecule has 0 fully saturated rings. The topological polar surface area (TPSA) is 26.0 Å². The van der Waals surface area contributed by atoms with E-state index in [1.54, 1.807) is 0 Å². The van der Waals surface area contributed by atoms with E-state index in [1.807, 2.05) is 25.1 Å². The first-order valence-corrected chi connectivity index (χ1v) is 6.77. The molecule has 2 rings (SSSR count). The molecule has 0 heterocycles. The van der Waals surface area contributed by atoms with Gasteiger partial charge in [-0.1, -0.05) is 40.2 Å². The lowest BCUT2D eigenvalue weighted by molar-refractivity contribution is -0.137. The Morgan fingerprint density at radius 2 is 1.55 bits per heavy atom. The Hall–Kier alpha value is -1.33. The van der Waals surface area contributed by atoms with E-state index < -0.39 is 17.8 Å². The van der Waals surface area contributed by atoms with Gasteiger partial charge in [-0.3, -0.25) is 0 Å². The number of halogens is 4. The lowest BCUT2D eigenvalue weighted by Crippen LogP contribution is -2.13. The average Bonchev–Trinajstić information content (AvgIpc) is 2.40. The second-order valence-electron chi connectivity index (χ2n) is 4.61. The molecule has 0 aliphatic heterocycles. The predicted octanol–water partition coefficient (Wildman–Crippen LogP) is 4.82. The van der Waals surface area contributed by atoms with Crippen LogP contribution in [0.4, 0.5) is 13.2 Å². The highest BCUT2D eigenvalue weighted by molar-refractivity contribution is 9.10. The van der Waals surface area contributed by atoms with Gasteiger partial charge in [-0.25, -0.2) is 0 Å². The number of aryl methyl sites for hydroxylation is 1. The molecule has 2 N–H and O–H groups in total. The van der Waals surface area contributed by atoms with Crippen molar-refractivity contribution in [2.45, 2.75) is 19.1 Å². The van der Waals surface area contributed by atoms with E-state index >= 15 is 0 Å². The summed E-state index contributed by atoms with van der Waals surface area (Å²) in [6.45, 7) is 1.94. The smallest absolute Gasteiger partial charge is 0.320 e. The fraction of sp³-hybridized carbons (Fsp3) is 0.200. The van der Waals surface area contributed by atoms with Crippen LogP contribution >= 0.6 is 15.9 Å². The van der Waals surface area contributed by atoms with Gasteiger partial charge in [-0.2, -0.15) is 13.2 Å². The molecule has 1 atom stereocenters. The van der Waals surface area contributed by atoms with Crippen molar-refractivity contribution in [2.75, 3.05) is 0 Å². The zero-order valence-electron chi connectivity index (χ0n) is 10.7. The third kappa shape index (κ3) is 3.22. The van der Waals surface area contributed by atoms with Crippen LogP contribution in [0.15, 0.2) is 46.9 Å². The summed E-state index contributed by atoms with van der Waals surface area (Å²) in [4.78, 5) is 0. The fourth-order valence-electron chi connectivity index (χ4n) is 1.93. The van der Waals surface area contributed by atoms with Crippen molar-refractivity contribution >= 4 is 15.9 Å². The summed E-state index contributed by atoms with van der Waals surface area (Å²) in [5, 5.41) is 0. The number of alkyl halides is 3. The summed E-state index contributed by atoms with van der Waals surface area (Å²) in [6.07, 6.45) is -4.32. The standard InChI is InChI=1S/C15H13BrF3N/c1-9-8-11(4-7-13(9)16)14(20)10-2-5-12(6-3-10)15(17,18)19/h2-8,14H,20H2,1H3. The second-order valence-corrected chi connectivity index (χ2v) is 5.46. The van der Waals surface area contributed by atoms with E-state index in [1.165, 1.54) is 12.1 Å². The molecule has 0 saturated heterocycles. The molecule has 106 valence electrons. The van der Waals surface area contributed by atoms with Crippen LogP contribution in [0.5, 0.6) is 0 Å². The summed E-state index contributed by atoms with van der Waals surface area (Å²) in [5.41, 5.74) is 7.98. The summed E-state index contributed by atoms with van der Waals surface area (Å²) in [6, 6.07) is 10.2. The Balaban J connectivity index is 2.29. The molecule has 2 aromatic rings. The normalized spacial score (nSPS) is 13.3. The molecule has 0 aliphatic carbocycles. The van der Waals surface area contributed by atoms with E-state index in [9.17, 15) is 13.2 Å². The highest BCUT2D eigenvalue weighted by Crippen LogP contribution is 2.31. The van der Waals surface area contributed by atoms with Crippen molar-refractivity contribution in [3.63, 3.8) is 0 Å². The predicted molar refractivity (Wildman–Crippen MR) is 76.4 cm³/mol. The first kappa shape index (κ1) is 15.1. The van der Waals surface area contributed by atoms with E-state index in [-0.39, 0.29) is 0 Å². The van der Waals surface area contributed by atoms with Crippen LogP contribution < -0.4 is 5.73 Å². The third-order valence-electron chi connectivity index (χ3n) is 3.14. The van der Waals surface area contributed by atoms with E-state index in [2.05, 4.69) is 15.9 Å². The Kier molecular flexibility index (Phi) is 4.20. The van der Waals surface area contributed by atoms with Crippen LogP contribution in [-0.4, -0.2) is 0 Å². The molecule has 1 unspecified atom stereocenters. The van der Waals surface area contributed by atoms with Crippen molar-refractivity contribution < 1.29 is 13.2 Å². The summed E-state index contributed by atoms with van der Waals surface area (Å²) in [7, 11) is 0. The van der Waals surface area contributed by atoms with Gasteiger partial charge >= 0.3 is 6.18 Å². The van der Waals surface area contributed by atoms with Crippen LogP contribution in [0.2, 0.25) is 0 Å². The van der Waals surface area contributed by atoms with Gasteiger partial charge in [-0.05, 0) is 41.8 Å². The first-order valence-electron chi connectivity index (χ1n) is 5.98. The second kappa shape index (κ2) is 5.58. The highest BCUT2D eigenvalue weighted by Gasteiger charge is 2.30. The van der Waals surface area contributed by atoms with Crippen LogP contribution in [0, 0.1) is 6.92 Å². The lowest BCUT2D eigenvalue weighted by Gasteiger charge is -2.15. The zero-order valence-corrected chi connectivity index (χ0v) is 12.3. The van der Waals surface area contributed by atoms with Crippen LogP contribution in [0.1, 0.15) is 28.3 Å². The molecule has 0 bridgehead atoms. The van der Waals surface area contributed by atoms with Gasteiger partial charge in [0.25, 0.3) is 0 Å². The van der Waals surface area contributed by atoms with Gasteiger partial charge in [0.05, 0.1) is 11.6 Å². The van der Waals surface area contributed by atoms with Crippen molar-refractivity contribution in [1.82, 2.24) is 0 Å². The minimum Gasteiger partial charge on any atom is -0.320 e. The Morgan fingerprint density at radius 3 is 2.05 bits per heavy atom. The molecule has 0 amide bonds. The quantitative estimate of drug-likeness (QED) is 0.830. The van der Waals surface area contributed by atoms with Crippen LogP contribution in [-0.2, 0) is 6.18 Å². The maximum Gasteiger partial charge on any atom is 0.416 e. The van der Waals surface area contributed by atoms with Crippen molar-refractivity contribution in [2.24, 2.45) is 5.73 Å². The average molecular weight is 344 g/mol. The van der Waals surface area contributed by atoms with Crippen molar-refractivity contribution in [1.29, 1.82) is 0 Å². The molecular weight excluding hydrogens is 331 g/mol. The minimum absolute atomic E-state index is 0.441. The Bertz CT molecular complexity index is 606. The third-order valence-corrected chi connectivity index (χ3v) is 4.03. The van der Waals surface area contributed by atoms with Gasteiger partial charge in [0, 0.05) is 4.47 Å². The SMILES string of the molecule is Cc1cc(C(N)c2ccc(C(F)(F)F)cc2)ccc1Br. The molecule has 0 aliphatic rings. The monoisotopic (exact) mass is 343 g/mol. The molecule has 2 aromatic carbocycles. The first-order chi connectivity index (χ1) is 9.29. The number of benzene rings is 2. The van der Waals surface area contributed by atoms with Crippen molar-refractivity contribution in [3.05, 3.63) is 69.2 Å². The summed E-state index contributed by atoms with van der Waals surface area (Å²) >= 11 is 3.40. The number of nitrogens with two attached hydrogens (primary N) is 1. The van der Waals surface area contributed by atoms with Crippen LogP contribution in [0.3, 0.4) is 0 Å². The Morgan fingerprint density at radius 1 is 1.00 bits per heavy atom. The molecular formula is C15H13BrF3N. The van der Waals surface area contributed by atoms with Gasteiger partial charge in [0.2, 0.25) is 0 Å². The largest absolute Gasteiger partial charge is 0.416 e. The highest BCUT2D eigenvalue weighted by atomic mass is 79.9. The molecule has 0 aromatic heterocycles. The van der Waals surface area contributed by atoms with E-state index in [0.29, 0.717) is 5.56 Å². The summed E-state index contributed by atoms with van der Waals surface area (Å²) < 4.78 is 38.5. The summed E-state index contributed by atoms with van der Waals surface area (Å²) in [5.74, 6) is 0. The van der Waals surface area contributed by atoms with E-state index in [4.69, 9.17) is 5.73 Å². The van der Waals surface area contributed by atoms with Gasteiger partial charge in [0.15, 0.2) is 0 Å². The van der Waals surface area contributed by atoms with E-state index in [0.717, 1.165) is 27.7 Å². The number of rotatable bonds is 2.